The lowest BCUT2D eigenvalue weighted by Crippen LogP contribution is -2.27. The second-order valence-electron chi connectivity index (χ2n) is 7.67. The van der Waals surface area contributed by atoms with Crippen LogP contribution in [0.1, 0.15) is 80.1 Å². The number of hydrogen-bond donors (Lipinski definition) is 1. The van der Waals surface area contributed by atoms with Crippen molar-refractivity contribution in [2.45, 2.75) is 89.6 Å². The van der Waals surface area contributed by atoms with E-state index in [9.17, 15) is 13.2 Å². The highest BCUT2D eigenvalue weighted by molar-refractivity contribution is 7.85. The highest BCUT2D eigenvalue weighted by Gasteiger charge is 2.21. The molecule has 0 aliphatic heterocycles. The van der Waals surface area contributed by atoms with Gasteiger partial charge in [-0.05, 0) is 67.2 Å². The van der Waals surface area contributed by atoms with Gasteiger partial charge in [-0.1, -0.05) is 0 Å². The summed E-state index contributed by atoms with van der Waals surface area (Å²) >= 11 is 0. The molecule has 23 heavy (non-hydrogen) atoms. The first-order valence-electron chi connectivity index (χ1n) is 8.00. The van der Waals surface area contributed by atoms with E-state index in [4.69, 9.17) is 5.14 Å². The normalized spacial score (nSPS) is 19.8. The zero-order valence-corrected chi connectivity index (χ0v) is 16.9. The quantitative estimate of drug-likeness (QED) is 0.774. The number of nitrogens with zero attached hydrogens (tertiary/aromatic N) is 1. The lowest BCUT2D eigenvalue weighted by molar-refractivity contribution is -0.123. The summed E-state index contributed by atoms with van der Waals surface area (Å²) in [5, 5.41) is 5.04. The molecule has 0 spiro atoms. The van der Waals surface area contributed by atoms with E-state index in [1.807, 2.05) is 41.5 Å². The van der Waals surface area contributed by atoms with Crippen molar-refractivity contribution in [1.82, 2.24) is 0 Å². The van der Waals surface area contributed by atoms with Crippen molar-refractivity contribution < 1.29 is 13.2 Å². The first kappa shape index (κ1) is 22.6. The van der Waals surface area contributed by atoms with Crippen LogP contribution in [0.4, 0.5) is 0 Å². The van der Waals surface area contributed by atoms with Gasteiger partial charge in [0.05, 0.1) is 20.5 Å². The Morgan fingerprint density at radius 3 is 1.35 bits per heavy atom. The topological polar surface area (TPSA) is 89.6 Å². The third-order valence-electron chi connectivity index (χ3n) is 3.18. The van der Waals surface area contributed by atoms with Crippen LogP contribution in [0, 0.1) is 0 Å². The van der Waals surface area contributed by atoms with Crippen LogP contribution >= 0.6 is 0 Å². The number of rotatable bonds is 1. The fourth-order valence-electron chi connectivity index (χ4n) is 1.00. The van der Waals surface area contributed by atoms with E-state index < -0.39 is 22.0 Å². The van der Waals surface area contributed by atoms with E-state index in [-0.39, 0.29) is 9.49 Å². The standard InChI is InChI=1S/C8H15NOS.C4H11NOS.C4H6O/c1-8(2,3)11(10)9-7-5-4-6-7;1-4(2,3)7(5)6;5-4-2-1-3-4/h4-6H2,1-3H3;5H2,1-3H3;1-3H2. The van der Waals surface area contributed by atoms with Crippen molar-refractivity contribution >= 4 is 33.5 Å². The molecule has 0 bridgehead atoms. The Hall–Kier alpha value is -0.400. The Labute approximate surface area is 146 Å². The van der Waals surface area contributed by atoms with Gasteiger partial charge in [-0.15, -0.1) is 0 Å². The minimum Gasteiger partial charge on any atom is -0.300 e. The first-order chi connectivity index (χ1) is 10.3. The van der Waals surface area contributed by atoms with Crippen LogP contribution in [0.3, 0.4) is 0 Å². The molecular formula is C16H32N2O3S2. The molecule has 7 heteroatoms. The summed E-state index contributed by atoms with van der Waals surface area (Å²) in [6, 6.07) is 0. The average molecular weight is 365 g/mol. The summed E-state index contributed by atoms with van der Waals surface area (Å²) in [6.45, 7) is 11.4. The van der Waals surface area contributed by atoms with Crippen molar-refractivity contribution in [2.75, 3.05) is 0 Å². The maximum absolute atomic E-state index is 11.4. The molecular weight excluding hydrogens is 332 g/mol. The summed E-state index contributed by atoms with van der Waals surface area (Å²) in [5.41, 5.74) is 1.14. The van der Waals surface area contributed by atoms with Gasteiger partial charge in [-0.3, -0.25) is 9.93 Å². The fraction of sp³-hybridized carbons (Fsp3) is 0.875. The number of carbonyl (C=O) groups excluding carboxylic acids is 1. The molecule has 5 nitrogen and oxygen atoms in total. The molecule has 2 aliphatic rings. The number of nitrogens with two attached hydrogens (primary N) is 1. The van der Waals surface area contributed by atoms with Crippen LogP contribution in [0.2, 0.25) is 0 Å². The summed E-state index contributed by atoms with van der Waals surface area (Å²) in [5.74, 6) is 0.435. The Morgan fingerprint density at radius 1 is 0.870 bits per heavy atom. The Balaban J connectivity index is 0.000000345. The van der Waals surface area contributed by atoms with Gasteiger partial charge >= 0.3 is 0 Å². The predicted molar refractivity (Wildman–Crippen MR) is 100 cm³/mol. The lowest BCUT2D eigenvalue weighted by atomic mass is 9.98. The monoisotopic (exact) mass is 364 g/mol. The summed E-state index contributed by atoms with van der Waals surface area (Å²) < 4.78 is 25.4. The van der Waals surface area contributed by atoms with Gasteiger partial charge in [0.25, 0.3) is 0 Å². The largest absolute Gasteiger partial charge is 0.300 e. The molecule has 0 aromatic heterocycles. The number of carbonyl (C=O) groups is 1. The van der Waals surface area contributed by atoms with Crippen LogP contribution < -0.4 is 5.14 Å². The molecule has 0 radical (unpaired) electrons. The summed E-state index contributed by atoms with van der Waals surface area (Å²) in [7, 11) is -2.21. The molecule has 0 aromatic carbocycles. The minimum atomic E-state index is -1.18. The zero-order valence-electron chi connectivity index (χ0n) is 15.3. The molecule has 2 atom stereocenters. The molecule has 2 fully saturated rings. The zero-order chi connectivity index (χ0) is 18.3. The molecule has 2 unspecified atom stereocenters. The van der Waals surface area contributed by atoms with E-state index in [1.54, 1.807) is 0 Å². The maximum atomic E-state index is 11.4. The van der Waals surface area contributed by atoms with Gasteiger partial charge in [-0.25, -0.2) is 8.42 Å². The van der Waals surface area contributed by atoms with Crippen molar-refractivity contribution in [3.8, 4) is 0 Å². The van der Waals surface area contributed by atoms with E-state index >= 15 is 0 Å². The van der Waals surface area contributed by atoms with Gasteiger partial charge < -0.3 is 0 Å². The number of ketones is 1. The Kier molecular flexibility index (Phi) is 9.62. The van der Waals surface area contributed by atoms with Gasteiger partial charge in [0.15, 0.2) is 0 Å². The molecule has 0 heterocycles. The van der Waals surface area contributed by atoms with Gasteiger partial charge in [0.1, 0.15) is 16.8 Å². The van der Waals surface area contributed by atoms with Gasteiger partial charge in [-0.2, -0.15) is 4.40 Å². The molecule has 2 saturated carbocycles. The molecule has 0 amide bonds. The second-order valence-corrected chi connectivity index (χ2v) is 11.4. The van der Waals surface area contributed by atoms with Crippen molar-refractivity contribution in [3.05, 3.63) is 0 Å². The van der Waals surface area contributed by atoms with Gasteiger partial charge in [0, 0.05) is 18.6 Å². The number of hydrogen-bond acceptors (Lipinski definition) is 3. The Bertz CT molecular complexity index is 463. The highest BCUT2D eigenvalue weighted by Crippen LogP contribution is 2.19. The number of Topliss-reactive ketones (excluding diaryl/α,β-unsaturated/α-hetero) is 1. The molecule has 0 saturated heterocycles. The predicted octanol–water partition coefficient (Wildman–Crippen LogP) is 3.22. The van der Waals surface area contributed by atoms with E-state index in [2.05, 4.69) is 4.40 Å². The third-order valence-corrected chi connectivity index (χ3v) is 5.86. The molecule has 2 aliphatic carbocycles. The van der Waals surface area contributed by atoms with Crippen LogP contribution in [0.15, 0.2) is 4.40 Å². The maximum Gasteiger partial charge on any atom is 0.144 e. The molecule has 136 valence electrons. The van der Waals surface area contributed by atoms with Crippen LogP contribution in [0.25, 0.3) is 0 Å². The molecule has 0 aromatic rings. The first-order valence-corrected chi connectivity index (χ1v) is 10.3. The second kappa shape index (κ2) is 9.79. The summed E-state index contributed by atoms with van der Waals surface area (Å²) in [6.07, 6.45) is 6.17. The lowest BCUT2D eigenvalue weighted by Gasteiger charge is -2.18. The fourth-order valence-corrected chi connectivity index (χ4v) is 1.69. The van der Waals surface area contributed by atoms with Crippen LogP contribution in [-0.4, -0.2) is 29.4 Å². The van der Waals surface area contributed by atoms with Crippen molar-refractivity contribution in [3.63, 3.8) is 0 Å². The van der Waals surface area contributed by atoms with E-state index in [1.165, 1.54) is 6.42 Å². The summed E-state index contributed by atoms with van der Waals surface area (Å²) in [4.78, 5) is 9.90. The van der Waals surface area contributed by atoms with Gasteiger partial charge in [0.2, 0.25) is 0 Å². The molecule has 2 rings (SSSR count). The molecule has 2 N–H and O–H groups in total. The SMILES string of the molecule is CC(C)(C)S(=O)N=C1CCC1.CC(C)(C)S(N)=O.O=C1CCC1. The van der Waals surface area contributed by atoms with Crippen molar-refractivity contribution in [2.24, 2.45) is 9.54 Å². The average Bonchev–Trinajstić information content (AvgIpc) is 2.30. The Morgan fingerprint density at radius 2 is 1.22 bits per heavy atom. The van der Waals surface area contributed by atoms with Crippen LogP contribution in [0.5, 0.6) is 0 Å². The van der Waals surface area contributed by atoms with Crippen LogP contribution in [-0.2, 0) is 26.8 Å². The van der Waals surface area contributed by atoms with E-state index in [0.29, 0.717) is 5.78 Å². The van der Waals surface area contributed by atoms with Crippen molar-refractivity contribution in [1.29, 1.82) is 0 Å². The van der Waals surface area contributed by atoms with E-state index in [0.717, 1.165) is 37.8 Å². The highest BCUT2D eigenvalue weighted by atomic mass is 32.2. The smallest absolute Gasteiger partial charge is 0.144 e. The third kappa shape index (κ3) is 10.9. The minimum absolute atomic E-state index is 0.192.